The van der Waals surface area contributed by atoms with Crippen LogP contribution in [0.3, 0.4) is 0 Å². The molecule has 4 N–H and O–H groups in total. The second-order valence-electron chi connectivity index (χ2n) is 4.82. The molecule has 0 saturated heterocycles. The number of hydrogen-bond donors (Lipinski definition) is 3. The predicted molar refractivity (Wildman–Crippen MR) is 69.0 cm³/mol. The maximum atomic E-state index is 5.35. The molecule has 0 unspecified atom stereocenters. The zero-order chi connectivity index (χ0) is 11.8. The maximum Gasteiger partial charge on any atom is 0.205 e. The van der Waals surface area contributed by atoms with Crippen LogP contribution in [-0.2, 0) is 0 Å². The predicted octanol–water partition coefficient (Wildman–Crippen LogP) is 1.63. The van der Waals surface area contributed by atoms with Crippen molar-refractivity contribution in [2.24, 2.45) is 22.7 Å². The number of nitrogens with two attached hydrogens (primary N) is 1. The van der Waals surface area contributed by atoms with E-state index in [4.69, 9.17) is 5.84 Å². The van der Waals surface area contributed by atoms with Gasteiger partial charge in [0.1, 0.15) is 0 Å². The fourth-order valence-electron chi connectivity index (χ4n) is 2.30. The van der Waals surface area contributed by atoms with Gasteiger partial charge in [0.2, 0.25) is 5.96 Å². The minimum atomic E-state index is 0.715. The van der Waals surface area contributed by atoms with Crippen LogP contribution in [0, 0.1) is 11.8 Å². The molecule has 4 nitrogen and oxygen atoms in total. The maximum absolute atomic E-state index is 5.35. The summed E-state index contributed by atoms with van der Waals surface area (Å²) >= 11 is 0. The number of aliphatic imine (C=N–C) groups is 1. The molecule has 0 aromatic rings. The summed E-state index contributed by atoms with van der Waals surface area (Å²) < 4.78 is 0. The van der Waals surface area contributed by atoms with E-state index >= 15 is 0 Å². The van der Waals surface area contributed by atoms with Crippen molar-refractivity contribution >= 4 is 5.96 Å². The third kappa shape index (κ3) is 4.84. The van der Waals surface area contributed by atoms with Crippen molar-refractivity contribution in [1.29, 1.82) is 0 Å². The van der Waals surface area contributed by atoms with E-state index in [1.54, 1.807) is 0 Å². The van der Waals surface area contributed by atoms with E-state index in [0.29, 0.717) is 5.96 Å². The van der Waals surface area contributed by atoms with Gasteiger partial charge < -0.3 is 5.32 Å². The van der Waals surface area contributed by atoms with Crippen LogP contribution in [0.4, 0.5) is 0 Å². The van der Waals surface area contributed by atoms with Crippen molar-refractivity contribution < 1.29 is 0 Å². The Bertz CT molecular complexity index is 207. The highest BCUT2D eigenvalue weighted by atomic mass is 15.3. The van der Waals surface area contributed by atoms with Gasteiger partial charge in [-0.25, -0.2) is 5.84 Å². The molecule has 0 radical (unpaired) electrons. The van der Waals surface area contributed by atoms with Crippen LogP contribution < -0.4 is 16.6 Å². The van der Waals surface area contributed by atoms with Crippen LogP contribution in [0.2, 0.25) is 0 Å². The van der Waals surface area contributed by atoms with Crippen molar-refractivity contribution in [3.63, 3.8) is 0 Å². The summed E-state index contributed by atoms with van der Waals surface area (Å²) in [6, 6.07) is 0. The standard InChI is InChI=1S/C12H26N4/c1-3-14-12(16-13)15-9-8-11-6-4-10(2)5-7-11/h10-11H,3-9,13H2,1-2H3,(H2,14,15,16). The Balaban J connectivity index is 2.18. The first-order valence-corrected chi connectivity index (χ1v) is 6.51. The number of hydrogen-bond acceptors (Lipinski definition) is 2. The lowest BCUT2D eigenvalue weighted by Crippen LogP contribution is -2.41. The second-order valence-corrected chi connectivity index (χ2v) is 4.82. The highest BCUT2D eigenvalue weighted by Crippen LogP contribution is 2.30. The van der Waals surface area contributed by atoms with Gasteiger partial charge in [0, 0.05) is 13.1 Å². The number of nitrogens with one attached hydrogen (secondary N) is 2. The normalized spacial score (nSPS) is 26.6. The van der Waals surface area contributed by atoms with Crippen LogP contribution in [0.5, 0.6) is 0 Å². The quantitative estimate of drug-likeness (QED) is 0.295. The van der Waals surface area contributed by atoms with Crippen molar-refractivity contribution in [3.8, 4) is 0 Å². The SMILES string of the molecule is CCNC(=NCCC1CCC(C)CC1)NN. The summed E-state index contributed by atoms with van der Waals surface area (Å²) in [4.78, 5) is 4.41. The van der Waals surface area contributed by atoms with Gasteiger partial charge in [0.15, 0.2) is 0 Å². The Morgan fingerprint density at radius 2 is 2.00 bits per heavy atom. The molecule has 0 aliphatic heterocycles. The molecule has 94 valence electrons. The third-order valence-electron chi connectivity index (χ3n) is 3.42. The molecule has 0 amide bonds. The first kappa shape index (κ1) is 13.3. The molecule has 0 bridgehead atoms. The molecule has 1 rings (SSSR count). The van der Waals surface area contributed by atoms with E-state index in [1.165, 1.54) is 32.1 Å². The highest BCUT2D eigenvalue weighted by molar-refractivity contribution is 5.78. The molecule has 0 heterocycles. The number of guanidine groups is 1. The Hall–Kier alpha value is -0.770. The van der Waals surface area contributed by atoms with Gasteiger partial charge in [-0.15, -0.1) is 0 Å². The van der Waals surface area contributed by atoms with Crippen molar-refractivity contribution in [3.05, 3.63) is 0 Å². The molecule has 0 aromatic carbocycles. The summed E-state index contributed by atoms with van der Waals surface area (Å²) in [6.07, 6.45) is 6.74. The van der Waals surface area contributed by atoms with Crippen LogP contribution in [0.1, 0.15) is 46.0 Å². The number of rotatable bonds is 4. The number of nitrogens with zero attached hydrogens (tertiary/aromatic N) is 1. The van der Waals surface area contributed by atoms with Gasteiger partial charge in [-0.05, 0) is 25.2 Å². The van der Waals surface area contributed by atoms with Crippen LogP contribution in [0.25, 0.3) is 0 Å². The second kappa shape index (κ2) is 7.49. The Morgan fingerprint density at radius 1 is 1.31 bits per heavy atom. The summed E-state index contributed by atoms with van der Waals surface area (Å²) in [7, 11) is 0. The summed E-state index contributed by atoms with van der Waals surface area (Å²) in [5.41, 5.74) is 2.59. The van der Waals surface area contributed by atoms with E-state index in [-0.39, 0.29) is 0 Å². The summed E-state index contributed by atoms with van der Waals surface area (Å²) in [6.45, 7) is 6.13. The van der Waals surface area contributed by atoms with Crippen molar-refractivity contribution in [2.75, 3.05) is 13.1 Å². The minimum absolute atomic E-state index is 0.715. The largest absolute Gasteiger partial charge is 0.356 e. The molecule has 1 aliphatic rings. The molecule has 0 atom stereocenters. The minimum Gasteiger partial charge on any atom is -0.356 e. The molecule has 1 fully saturated rings. The molecule has 1 aliphatic carbocycles. The molecular formula is C12H26N4. The average Bonchev–Trinajstić information content (AvgIpc) is 2.30. The first-order valence-electron chi connectivity index (χ1n) is 6.51. The van der Waals surface area contributed by atoms with Crippen molar-refractivity contribution in [1.82, 2.24) is 10.7 Å². The van der Waals surface area contributed by atoms with E-state index in [9.17, 15) is 0 Å². The monoisotopic (exact) mass is 226 g/mol. The molecule has 16 heavy (non-hydrogen) atoms. The lowest BCUT2D eigenvalue weighted by Gasteiger charge is -2.25. The first-order chi connectivity index (χ1) is 7.76. The van der Waals surface area contributed by atoms with Gasteiger partial charge in [0.05, 0.1) is 0 Å². The Labute approximate surface area is 99.1 Å². The smallest absolute Gasteiger partial charge is 0.205 e. The zero-order valence-corrected chi connectivity index (χ0v) is 10.6. The van der Waals surface area contributed by atoms with Gasteiger partial charge in [0.25, 0.3) is 0 Å². The summed E-state index contributed by atoms with van der Waals surface area (Å²) in [5.74, 6) is 7.88. The molecular weight excluding hydrogens is 200 g/mol. The number of hydrazine groups is 1. The third-order valence-corrected chi connectivity index (χ3v) is 3.42. The Morgan fingerprint density at radius 3 is 2.56 bits per heavy atom. The van der Waals surface area contributed by atoms with Crippen LogP contribution in [-0.4, -0.2) is 19.0 Å². The topological polar surface area (TPSA) is 62.4 Å². The van der Waals surface area contributed by atoms with E-state index < -0.39 is 0 Å². The fourth-order valence-corrected chi connectivity index (χ4v) is 2.30. The van der Waals surface area contributed by atoms with Crippen LogP contribution in [0.15, 0.2) is 4.99 Å². The van der Waals surface area contributed by atoms with Crippen LogP contribution >= 0.6 is 0 Å². The lowest BCUT2D eigenvalue weighted by molar-refractivity contribution is 0.280. The van der Waals surface area contributed by atoms with Crippen molar-refractivity contribution in [2.45, 2.75) is 46.0 Å². The molecule has 1 saturated carbocycles. The van der Waals surface area contributed by atoms with E-state index in [2.05, 4.69) is 22.7 Å². The highest BCUT2D eigenvalue weighted by Gasteiger charge is 2.17. The van der Waals surface area contributed by atoms with Gasteiger partial charge >= 0.3 is 0 Å². The van der Waals surface area contributed by atoms with E-state index in [1.807, 2.05) is 6.92 Å². The van der Waals surface area contributed by atoms with E-state index in [0.717, 1.165) is 24.9 Å². The molecule has 0 aromatic heterocycles. The zero-order valence-electron chi connectivity index (χ0n) is 10.6. The lowest BCUT2D eigenvalue weighted by atomic mass is 9.81. The van der Waals surface area contributed by atoms with Gasteiger partial charge in [-0.1, -0.05) is 32.6 Å². The molecule has 0 spiro atoms. The summed E-state index contributed by atoms with van der Waals surface area (Å²) in [5, 5.41) is 3.09. The average molecular weight is 226 g/mol. The molecule has 4 heteroatoms. The van der Waals surface area contributed by atoms with Gasteiger partial charge in [-0.3, -0.25) is 10.4 Å². The Kier molecular flexibility index (Phi) is 6.23. The van der Waals surface area contributed by atoms with Gasteiger partial charge in [-0.2, -0.15) is 0 Å². The fraction of sp³-hybridized carbons (Fsp3) is 0.917.